The first-order valence-electron chi connectivity index (χ1n) is 4.82. The molecule has 1 heteroatoms. The predicted molar refractivity (Wildman–Crippen MR) is 52.0 cm³/mol. The molecule has 1 rings (SSSR count). The smallest absolute Gasteiger partial charge is 0.0615 e. The molecule has 1 fully saturated rings. The van der Waals surface area contributed by atoms with Gasteiger partial charge in [-0.15, -0.1) is 0 Å². The van der Waals surface area contributed by atoms with Crippen LogP contribution in [0.25, 0.3) is 0 Å². The fraction of sp³-hybridized carbons (Fsp3) is 0.818. The van der Waals surface area contributed by atoms with Crippen LogP contribution in [0.15, 0.2) is 11.6 Å². The fourth-order valence-electron chi connectivity index (χ4n) is 2.51. The highest BCUT2D eigenvalue weighted by Crippen LogP contribution is 2.40. The topological polar surface area (TPSA) is 20.2 Å². The summed E-state index contributed by atoms with van der Waals surface area (Å²) in [4.78, 5) is 0. The quantitative estimate of drug-likeness (QED) is 0.597. The van der Waals surface area contributed by atoms with Crippen LogP contribution in [-0.2, 0) is 0 Å². The Morgan fingerprint density at radius 2 is 2.25 bits per heavy atom. The first kappa shape index (κ1) is 9.79. The Morgan fingerprint density at radius 1 is 1.58 bits per heavy atom. The van der Waals surface area contributed by atoms with Crippen LogP contribution in [0.3, 0.4) is 0 Å². The van der Waals surface area contributed by atoms with Gasteiger partial charge in [0.15, 0.2) is 0 Å². The van der Waals surface area contributed by atoms with Crippen molar-refractivity contribution in [2.45, 2.75) is 40.0 Å². The van der Waals surface area contributed by atoms with Gasteiger partial charge in [-0.3, -0.25) is 0 Å². The lowest BCUT2D eigenvalue weighted by Gasteiger charge is -2.35. The molecule has 0 radical (unpaired) electrons. The molecular formula is C11H20O. The third kappa shape index (κ3) is 2.63. The van der Waals surface area contributed by atoms with Crippen LogP contribution >= 0.6 is 0 Å². The van der Waals surface area contributed by atoms with Gasteiger partial charge in [0.05, 0.1) is 6.61 Å². The van der Waals surface area contributed by atoms with Crippen molar-refractivity contribution in [3.8, 4) is 0 Å². The van der Waals surface area contributed by atoms with E-state index < -0.39 is 0 Å². The highest BCUT2D eigenvalue weighted by atomic mass is 16.2. The lowest BCUT2D eigenvalue weighted by atomic mass is 9.70. The molecule has 1 aliphatic carbocycles. The monoisotopic (exact) mass is 168 g/mol. The molecule has 0 heterocycles. The highest BCUT2D eigenvalue weighted by molar-refractivity contribution is 5.09. The average Bonchev–Trinajstić information content (AvgIpc) is 1.82. The average molecular weight is 168 g/mol. The van der Waals surface area contributed by atoms with Gasteiger partial charge in [0.25, 0.3) is 0 Å². The Morgan fingerprint density at radius 3 is 2.75 bits per heavy atom. The first-order valence-corrected chi connectivity index (χ1v) is 4.82. The van der Waals surface area contributed by atoms with E-state index in [9.17, 15) is 0 Å². The van der Waals surface area contributed by atoms with Crippen molar-refractivity contribution in [1.29, 1.82) is 0 Å². The summed E-state index contributed by atoms with van der Waals surface area (Å²) in [5.74, 6) is 0.784. The van der Waals surface area contributed by atoms with Gasteiger partial charge in [0.1, 0.15) is 0 Å². The Balaban J connectivity index is 2.64. The van der Waals surface area contributed by atoms with Crippen molar-refractivity contribution < 1.29 is 5.11 Å². The van der Waals surface area contributed by atoms with Gasteiger partial charge in [0, 0.05) is 0 Å². The zero-order chi connectivity index (χ0) is 9.19. The van der Waals surface area contributed by atoms with Crippen LogP contribution in [0.5, 0.6) is 0 Å². The molecule has 0 aromatic rings. The standard InChI is InChI=1S/C11H20O/c1-9-6-10(4-5-12)8-11(2,3)7-9/h4,9,12H,5-8H2,1-3H3/b10-4+. The van der Waals surface area contributed by atoms with Gasteiger partial charge < -0.3 is 5.11 Å². The Bertz CT molecular complexity index is 179. The molecule has 0 bridgehead atoms. The van der Waals surface area contributed by atoms with E-state index in [0.29, 0.717) is 5.41 Å². The molecule has 1 unspecified atom stereocenters. The summed E-state index contributed by atoms with van der Waals surface area (Å²) in [7, 11) is 0. The zero-order valence-electron chi connectivity index (χ0n) is 8.43. The van der Waals surface area contributed by atoms with Crippen LogP contribution in [-0.4, -0.2) is 11.7 Å². The molecule has 0 spiro atoms. The van der Waals surface area contributed by atoms with Gasteiger partial charge in [-0.25, -0.2) is 0 Å². The number of hydrogen-bond acceptors (Lipinski definition) is 1. The van der Waals surface area contributed by atoms with Crippen LogP contribution in [0, 0.1) is 11.3 Å². The summed E-state index contributed by atoms with van der Waals surface area (Å²) in [6.45, 7) is 7.13. The molecule has 0 saturated heterocycles. The molecule has 12 heavy (non-hydrogen) atoms. The largest absolute Gasteiger partial charge is 0.392 e. The third-order valence-corrected chi connectivity index (χ3v) is 2.60. The second-order valence-corrected chi connectivity index (χ2v) is 4.90. The van der Waals surface area contributed by atoms with Crippen molar-refractivity contribution in [2.75, 3.05) is 6.61 Å². The van der Waals surface area contributed by atoms with E-state index in [2.05, 4.69) is 20.8 Å². The van der Waals surface area contributed by atoms with E-state index in [1.54, 1.807) is 0 Å². The van der Waals surface area contributed by atoms with E-state index >= 15 is 0 Å². The van der Waals surface area contributed by atoms with Crippen molar-refractivity contribution in [3.63, 3.8) is 0 Å². The van der Waals surface area contributed by atoms with E-state index in [0.717, 1.165) is 12.3 Å². The molecule has 0 amide bonds. The molecule has 1 nitrogen and oxygen atoms in total. The van der Waals surface area contributed by atoms with Gasteiger partial charge in [-0.05, 0) is 30.6 Å². The van der Waals surface area contributed by atoms with Gasteiger partial charge in [-0.1, -0.05) is 32.4 Å². The lowest BCUT2D eigenvalue weighted by Crippen LogP contribution is -2.22. The first-order chi connectivity index (χ1) is 5.53. The maximum atomic E-state index is 8.80. The minimum absolute atomic E-state index is 0.206. The van der Waals surface area contributed by atoms with E-state index in [1.807, 2.05) is 6.08 Å². The molecule has 0 aromatic heterocycles. The summed E-state index contributed by atoms with van der Waals surface area (Å²) in [5.41, 5.74) is 1.89. The number of rotatable bonds is 1. The summed E-state index contributed by atoms with van der Waals surface area (Å²) < 4.78 is 0. The number of allylic oxidation sites excluding steroid dienone is 1. The predicted octanol–water partition coefficient (Wildman–Crippen LogP) is 2.75. The molecule has 0 aromatic carbocycles. The second kappa shape index (κ2) is 3.61. The number of aliphatic hydroxyl groups is 1. The minimum Gasteiger partial charge on any atom is -0.392 e. The summed E-state index contributed by atoms with van der Waals surface area (Å²) in [6, 6.07) is 0. The summed E-state index contributed by atoms with van der Waals surface area (Å²) in [6.07, 6.45) is 5.65. The maximum Gasteiger partial charge on any atom is 0.0615 e. The SMILES string of the molecule is CC1C/C(=C\CO)CC(C)(C)C1. The number of aliphatic hydroxyl groups excluding tert-OH is 1. The fourth-order valence-corrected chi connectivity index (χ4v) is 2.51. The Labute approximate surface area is 75.5 Å². The Hall–Kier alpha value is -0.300. The summed E-state index contributed by atoms with van der Waals surface area (Å²) >= 11 is 0. The van der Waals surface area contributed by atoms with E-state index in [4.69, 9.17) is 5.11 Å². The molecule has 1 atom stereocenters. The molecule has 1 aliphatic rings. The van der Waals surface area contributed by atoms with Gasteiger partial charge >= 0.3 is 0 Å². The summed E-state index contributed by atoms with van der Waals surface area (Å²) in [5, 5.41) is 8.80. The highest BCUT2D eigenvalue weighted by Gasteiger charge is 2.27. The Kier molecular flexibility index (Phi) is 2.94. The van der Waals surface area contributed by atoms with Crippen LogP contribution in [0.2, 0.25) is 0 Å². The lowest BCUT2D eigenvalue weighted by molar-refractivity contribution is 0.232. The minimum atomic E-state index is 0.206. The second-order valence-electron chi connectivity index (χ2n) is 4.90. The van der Waals surface area contributed by atoms with Crippen LogP contribution in [0.4, 0.5) is 0 Å². The van der Waals surface area contributed by atoms with Crippen molar-refractivity contribution in [1.82, 2.24) is 0 Å². The van der Waals surface area contributed by atoms with E-state index in [1.165, 1.54) is 18.4 Å². The number of hydrogen-bond donors (Lipinski definition) is 1. The zero-order valence-corrected chi connectivity index (χ0v) is 8.43. The normalized spacial score (nSPS) is 32.3. The van der Waals surface area contributed by atoms with Crippen molar-refractivity contribution in [2.24, 2.45) is 11.3 Å². The molecule has 1 N–H and O–H groups in total. The van der Waals surface area contributed by atoms with E-state index in [-0.39, 0.29) is 6.61 Å². The molecular weight excluding hydrogens is 148 g/mol. The molecule has 1 saturated carbocycles. The van der Waals surface area contributed by atoms with Crippen LogP contribution < -0.4 is 0 Å². The van der Waals surface area contributed by atoms with Gasteiger partial charge in [-0.2, -0.15) is 0 Å². The van der Waals surface area contributed by atoms with Crippen molar-refractivity contribution in [3.05, 3.63) is 11.6 Å². The molecule has 0 aliphatic heterocycles. The van der Waals surface area contributed by atoms with Gasteiger partial charge in [0.2, 0.25) is 0 Å². The molecule has 70 valence electrons. The maximum absolute atomic E-state index is 8.80. The third-order valence-electron chi connectivity index (χ3n) is 2.60. The van der Waals surface area contributed by atoms with Crippen molar-refractivity contribution >= 4 is 0 Å². The van der Waals surface area contributed by atoms with Crippen LogP contribution in [0.1, 0.15) is 40.0 Å².